The van der Waals surface area contributed by atoms with Gasteiger partial charge in [0.2, 0.25) is 0 Å². The summed E-state index contributed by atoms with van der Waals surface area (Å²) >= 11 is 0. The highest BCUT2D eigenvalue weighted by molar-refractivity contribution is 5.79. The van der Waals surface area contributed by atoms with Crippen molar-refractivity contribution in [2.24, 2.45) is 0 Å². The molecule has 0 unspecified atom stereocenters. The van der Waals surface area contributed by atoms with Crippen molar-refractivity contribution in [2.75, 3.05) is 13.1 Å². The van der Waals surface area contributed by atoms with Gasteiger partial charge in [0.15, 0.2) is 0 Å². The summed E-state index contributed by atoms with van der Waals surface area (Å²) < 4.78 is 0. The van der Waals surface area contributed by atoms with Crippen molar-refractivity contribution in [1.29, 1.82) is 0 Å². The first-order valence-corrected chi connectivity index (χ1v) is 5.66. The summed E-state index contributed by atoms with van der Waals surface area (Å²) in [4.78, 5) is 13.5. The van der Waals surface area contributed by atoms with E-state index in [0.29, 0.717) is 0 Å². The molecular weight excluding hydrogens is 178 g/mol. The lowest BCUT2D eigenvalue weighted by Crippen LogP contribution is -2.53. The van der Waals surface area contributed by atoms with Crippen molar-refractivity contribution in [3.63, 3.8) is 0 Å². The van der Waals surface area contributed by atoms with E-state index in [-0.39, 0.29) is 0 Å². The summed E-state index contributed by atoms with van der Waals surface area (Å²) in [6, 6.07) is 0. The highest BCUT2D eigenvalue weighted by Gasteiger charge is 2.45. The third-order valence-corrected chi connectivity index (χ3v) is 3.31. The Morgan fingerprint density at radius 2 is 1.93 bits per heavy atom. The Labute approximate surface area is 86.1 Å². The molecule has 1 saturated carbocycles. The Hall–Kier alpha value is -0.570. The van der Waals surface area contributed by atoms with Gasteiger partial charge in [-0.1, -0.05) is 26.7 Å². The molecular formula is C11H21NO2. The Morgan fingerprint density at radius 1 is 1.36 bits per heavy atom. The molecule has 0 spiro atoms. The van der Waals surface area contributed by atoms with E-state index in [4.69, 9.17) is 0 Å². The van der Waals surface area contributed by atoms with Gasteiger partial charge in [-0.05, 0) is 32.4 Å². The van der Waals surface area contributed by atoms with Crippen LogP contribution in [0.25, 0.3) is 0 Å². The van der Waals surface area contributed by atoms with Gasteiger partial charge in [-0.15, -0.1) is 0 Å². The van der Waals surface area contributed by atoms with E-state index in [2.05, 4.69) is 18.7 Å². The predicted octanol–water partition coefficient (Wildman–Crippen LogP) is 2.12. The summed E-state index contributed by atoms with van der Waals surface area (Å²) in [6.45, 7) is 5.91. The monoisotopic (exact) mass is 199 g/mol. The fraction of sp³-hybridized carbons (Fsp3) is 0.909. The highest BCUT2D eigenvalue weighted by Crippen LogP contribution is 2.35. The minimum absolute atomic E-state index is 0.537. The van der Waals surface area contributed by atoms with Crippen LogP contribution in [0.15, 0.2) is 0 Å². The normalized spacial score (nSPS) is 20.2. The quantitative estimate of drug-likeness (QED) is 0.737. The molecule has 1 rings (SSSR count). The number of hydrogen-bond acceptors (Lipinski definition) is 2. The van der Waals surface area contributed by atoms with Crippen LogP contribution in [0.5, 0.6) is 0 Å². The molecule has 0 aromatic heterocycles. The molecule has 1 aliphatic carbocycles. The first-order chi connectivity index (χ1) is 6.67. The summed E-state index contributed by atoms with van der Waals surface area (Å²) in [5, 5.41) is 9.35. The first kappa shape index (κ1) is 11.5. The maximum absolute atomic E-state index is 11.4. The number of carboxylic acid groups (broad SMARTS) is 1. The molecule has 0 aliphatic heterocycles. The average molecular weight is 199 g/mol. The summed E-state index contributed by atoms with van der Waals surface area (Å²) in [5.74, 6) is -0.620. The van der Waals surface area contributed by atoms with Crippen molar-refractivity contribution in [1.82, 2.24) is 4.90 Å². The smallest absolute Gasteiger partial charge is 0.324 e. The van der Waals surface area contributed by atoms with Gasteiger partial charge in [-0.3, -0.25) is 9.69 Å². The van der Waals surface area contributed by atoms with Crippen LogP contribution in [0, 0.1) is 0 Å². The zero-order valence-electron chi connectivity index (χ0n) is 9.25. The lowest BCUT2D eigenvalue weighted by atomic mass is 9.95. The van der Waals surface area contributed by atoms with Gasteiger partial charge in [-0.2, -0.15) is 0 Å². The second-order valence-corrected chi connectivity index (χ2v) is 4.12. The highest BCUT2D eigenvalue weighted by atomic mass is 16.4. The third kappa shape index (κ3) is 1.92. The molecule has 0 atom stereocenters. The Bertz CT molecular complexity index is 197. The molecule has 82 valence electrons. The largest absolute Gasteiger partial charge is 0.480 e. The topological polar surface area (TPSA) is 40.5 Å². The molecule has 1 N–H and O–H groups in total. The third-order valence-electron chi connectivity index (χ3n) is 3.31. The molecule has 0 radical (unpaired) electrons. The molecule has 0 amide bonds. The van der Waals surface area contributed by atoms with Crippen LogP contribution in [0.4, 0.5) is 0 Å². The molecule has 0 saturated heterocycles. The second kappa shape index (κ2) is 4.78. The minimum Gasteiger partial charge on any atom is -0.480 e. The molecule has 0 bridgehead atoms. The maximum Gasteiger partial charge on any atom is 0.324 e. The summed E-state index contributed by atoms with van der Waals surface area (Å²) in [7, 11) is 0. The number of carbonyl (C=O) groups is 1. The first-order valence-electron chi connectivity index (χ1n) is 5.66. The number of rotatable bonds is 5. The SMILES string of the molecule is CCCN(CC)C1(C(=O)O)CCCC1. The second-order valence-electron chi connectivity index (χ2n) is 4.12. The van der Waals surface area contributed by atoms with E-state index in [1.807, 2.05) is 0 Å². The Balaban J connectivity index is 2.79. The van der Waals surface area contributed by atoms with E-state index in [1.165, 1.54) is 0 Å². The van der Waals surface area contributed by atoms with E-state index in [1.54, 1.807) is 0 Å². The van der Waals surface area contributed by atoms with Gasteiger partial charge >= 0.3 is 5.97 Å². The number of nitrogens with zero attached hydrogens (tertiary/aromatic N) is 1. The number of likely N-dealkylation sites (N-methyl/N-ethyl adjacent to an activating group) is 1. The van der Waals surface area contributed by atoms with Crippen LogP contribution in [-0.4, -0.2) is 34.6 Å². The fourth-order valence-corrected chi connectivity index (χ4v) is 2.57. The standard InChI is InChI=1S/C11H21NO2/c1-3-9-12(4-2)11(10(13)14)7-5-6-8-11/h3-9H2,1-2H3,(H,13,14). The summed E-state index contributed by atoms with van der Waals surface area (Å²) in [5.41, 5.74) is -0.537. The van der Waals surface area contributed by atoms with Gasteiger partial charge in [0, 0.05) is 0 Å². The fourth-order valence-electron chi connectivity index (χ4n) is 2.57. The Morgan fingerprint density at radius 3 is 2.29 bits per heavy atom. The van der Waals surface area contributed by atoms with E-state index in [0.717, 1.165) is 45.2 Å². The van der Waals surface area contributed by atoms with Gasteiger partial charge in [0.25, 0.3) is 0 Å². The molecule has 14 heavy (non-hydrogen) atoms. The van der Waals surface area contributed by atoms with E-state index < -0.39 is 11.5 Å². The summed E-state index contributed by atoms with van der Waals surface area (Å²) in [6.07, 6.45) is 4.81. The molecule has 0 aromatic carbocycles. The van der Waals surface area contributed by atoms with Crippen LogP contribution < -0.4 is 0 Å². The predicted molar refractivity (Wildman–Crippen MR) is 56.4 cm³/mol. The zero-order valence-corrected chi connectivity index (χ0v) is 9.25. The lowest BCUT2D eigenvalue weighted by Gasteiger charge is -2.36. The molecule has 3 heteroatoms. The lowest BCUT2D eigenvalue weighted by molar-refractivity contribution is -0.151. The van der Waals surface area contributed by atoms with Gasteiger partial charge < -0.3 is 5.11 Å². The average Bonchev–Trinajstić information content (AvgIpc) is 2.64. The maximum atomic E-state index is 11.4. The molecule has 0 aromatic rings. The zero-order chi connectivity index (χ0) is 10.6. The van der Waals surface area contributed by atoms with Gasteiger partial charge in [0.05, 0.1) is 0 Å². The minimum atomic E-state index is -0.620. The number of hydrogen-bond donors (Lipinski definition) is 1. The van der Waals surface area contributed by atoms with Crippen molar-refractivity contribution >= 4 is 5.97 Å². The van der Waals surface area contributed by atoms with E-state index in [9.17, 15) is 9.90 Å². The van der Waals surface area contributed by atoms with Crippen molar-refractivity contribution in [3.05, 3.63) is 0 Å². The van der Waals surface area contributed by atoms with Crippen LogP contribution in [0.1, 0.15) is 46.0 Å². The van der Waals surface area contributed by atoms with Gasteiger partial charge in [-0.25, -0.2) is 0 Å². The molecule has 3 nitrogen and oxygen atoms in total. The van der Waals surface area contributed by atoms with Crippen LogP contribution >= 0.6 is 0 Å². The van der Waals surface area contributed by atoms with Crippen molar-refractivity contribution < 1.29 is 9.90 Å². The molecule has 1 aliphatic rings. The van der Waals surface area contributed by atoms with Crippen LogP contribution in [-0.2, 0) is 4.79 Å². The molecule has 0 heterocycles. The van der Waals surface area contributed by atoms with Crippen molar-refractivity contribution in [3.8, 4) is 0 Å². The van der Waals surface area contributed by atoms with Crippen LogP contribution in [0.2, 0.25) is 0 Å². The molecule has 1 fully saturated rings. The van der Waals surface area contributed by atoms with Gasteiger partial charge in [0.1, 0.15) is 5.54 Å². The number of carboxylic acids is 1. The van der Waals surface area contributed by atoms with Crippen LogP contribution in [0.3, 0.4) is 0 Å². The Kier molecular flexibility index (Phi) is 3.93. The number of aliphatic carboxylic acids is 1. The van der Waals surface area contributed by atoms with Crippen molar-refractivity contribution in [2.45, 2.75) is 51.5 Å². The van der Waals surface area contributed by atoms with E-state index >= 15 is 0 Å².